The highest BCUT2D eigenvalue weighted by Gasteiger charge is 2.34. The van der Waals surface area contributed by atoms with Crippen LogP contribution < -0.4 is 4.74 Å². The van der Waals surface area contributed by atoms with Crippen LogP contribution in [0, 0.1) is 0 Å². The van der Waals surface area contributed by atoms with E-state index in [0.717, 1.165) is 25.7 Å². The number of unbranched alkanes of at least 4 members (excludes halogenated alkanes) is 3. The number of ether oxygens (including phenoxy) is 1. The first kappa shape index (κ1) is 15.2. The average molecular weight is 290 g/mol. The van der Waals surface area contributed by atoms with Crippen molar-refractivity contribution in [3.63, 3.8) is 0 Å². The van der Waals surface area contributed by atoms with Gasteiger partial charge in [-0.15, -0.1) is 0 Å². The fraction of sp³-hybridized carbons (Fsp3) is 0.438. The first-order chi connectivity index (χ1) is 10.0. The third kappa shape index (κ3) is 3.29. The summed E-state index contributed by atoms with van der Waals surface area (Å²) in [7, 11) is 0. The molecule has 5 heteroatoms. The van der Waals surface area contributed by atoms with Crippen LogP contribution in [0.5, 0.6) is 11.5 Å². The molecule has 5 nitrogen and oxygen atoms in total. The van der Waals surface area contributed by atoms with Gasteiger partial charge < -0.3 is 9.84 Å². The number of rotatable bonds is 6. The zero-order chi connectivity index (χ0) is 15.4. The third-order valence-corrected chi connectivity index (χ3v) is 3.44. The average Bonchev–Trinajstić information content (AvgIpc) is 2.44. The molecule has 0 aromatic heterocycles. The van der Waals surface area contributed by atoms with Crippen LogP contribution in [-0.2, 0) is 4.79 Å². The predicted octanol–water partition coefficient (Wildman–Crippen LogP) is 2.69. The molecule has 1 aliphatic rings. The number of hydrogen-bond donors (Lipinski definition) is 1. The van der Waals surface area contributed by atoms with E-state index in [1.807, 2.05) is 0 Å². The van der Waals surface area contributed by atoms with Gasteiger partial charge in [0.15, 0.2) is 5.78 Å². The lowest BCUT2D eigenvalue weighted by Gasteiger charge is -2.17. The van der Waals surface area contributed by atoms with Crippen LogP contribution in [0.1, 0.15) is 59.7 Å². The van der Waals surface area contributed by atoms with Gasteiger partial charge in [0, 0.05) is 11.6 Å². The quantitative estimate of drug-likeness (QED) is 0.495. The van der Waals surface area contributed by atoms with Gasteiger partial charge in [-0.05, 0) is 12.5 Å². The van der Waals surface area contributed by atoms with Gasteiger partial charge in [0.05, 0.1) is 18.6 Å². The number of carbonyl (C=O) groups is 3. The minimum atomic E-state index is -0.728. The molecule has 0 saturated carbocycles. The summed E-state index contributed by atoms with van der Waals surface area (Å²) in [6.07, 6.45) is 3.57. The second-order valence-electron chi connectivity index (χ2n) is 5.13. The number of benzene rings is 1. The summed E-state index contributed by atoms with van der Waals surface area (Å²) in [5.74, 6) is -1.93. The number of Topliss-reactive ketones (excluding diaryl/α,β-unsaturated/α-hetero) is 3. The maximum absolute atomic E-state index is 12.0. The molecule has 2 rings (SSSR count). The van der Waals surface area contributed by atoms with E-state index >= 15 is 0 Å². The monoisotopic (exact) mass is 290 g/mol. The Bertz CT molecular complexity index is 589. The van der Waals surface area contributed by atoms with Gasteiger partial charge in [-0.1, -0.05) is 26.2 Å². The van der Waals surface area contributed by atoms with E-state index in [0.29, 0.717) is 6.61 Å². The molecule has 0 heterocycles. The van der Waals surface area contributed by atoms with Gasteiger partial charge in [0.25, 0.3) is 0 Å². The molecule has 1 N–H and O–H groups in total. The number of phenols is 1. The van der Waals surface area contributed by atoms with Crippen molar-refractivity contribution in [3.8, 4) is 11.5 Å². The standard InChI is InChI=1S/C16H18O5/c1-2-3-4-5-6-21-14-8-10(17)7-11-12(18)9-13(19)16(20)15(11)14/h7-8,17H,2-6,9H2,1H3. The number of fused-ring (bicyclic) bond motifs is 1. The number of carbonyl (C=O) groups excluding carboxylic acids is 3. The largest absolute Gasteiger partial charge is 0.508 e. The highest BCUT2D eigenvalue weighted by Crippen LogP contribution is 2.32. The van der Waals surface area contributed by atoms with E-state index in [1.54, 1.807) is 0 Å². The van der Waals surface area contributed by atoms with Crippen LogP contribution >= 0.6 is 0 Å². The van der Waals surface area contributed by atoms with E-state index in [2.05, 4.69) is 6.92 Å². The highest BCUT2D eigenvalue weighted by atomic mass is 16.5. The number of phenolic OH excluding ortho intramolecular Hbond substituents is 1. The van der Waals surface area contributed by atoms with Crippen LogP contribution in [0.15, 0.2) is 12.1 Å². The molecule has 1 aromatic carbocycles. The molecule has 0 bridgehead atoms. The Balaban J connectivity index is 2.23. The van der Waals surface area contributed by atoms with Crippen molar-refractivity contribution in [2.45, 2.75) is 39.0 Å². The highest BCUT2D eigenvalue weighted by molar-refractivity contribution is 6.51. The van der Waals surface area contributed by atoms with Crippen LogP contribution in [0.2, 0.25) is 0 Å². The number of hydrogen-bond acceptors (Lipinski definition) is 5. The van der Waals surface area contributed by atoms with Crippen molar-refractivity contribution >= 4 is 17.3 Å². The van der Waals surface area contributed by atoms with Gasteiger partial charge >= 0.3 is 0 Å². The molecule has 0 aliphatic heterocycles. The van der Waals surface area contributed by atoms with E-state index in [-0.39, 0.29) is 22.6 Å². The second-order valence-corrected chi connectivity index (χ2v) is 5.13. The first-order valence-corrected chi connectivity index (χ1v) is 7.15. The molecule has 21 heavy (non-hydrogen) atoms. The van der Waals surface area contributed by atoms with Crippen molar-refractivity contribution in [1.29, 1.82) is 0 Å². The lowest BCUT2D eigenvalue weighted by molar-refractivity contribution is -0.114. The molecular weight excluding hydrogens is 272 g/mol. The van der Waals surface area contributed by atoms with Gasteiger partial charge in [-0.2, -0.15) is 0 Å². The zero-order valence-electron chi connectivity index (χ0n) is 12.0. The van der Waals surface area contributed by atoms with E-state index in [4.69, 9.17) is 4.74 Å². The number of ketones is 3. The zero-order valence-corrected chi connectivity index (χ0v) is 12.0. The fourth-order valence-electron chi connectivity index (χ4n) is 2.34. The third-order valence-electron chi connectivity index (χ3n) is 3.44. The molecule has 0 fully saturated rings. The van der Waals surface area contributed by atoms with Crippen molar-refractivity contribution in [2.24, 2.45) is 0 Å². The summed E-state index contributed by atoms with van der Waals surface area (Å²) in [4.78, 5) is 35.3. The molecular formula is C16H18O5. The predicted molar refractivity (Wildman–Crippen MR) is 76.0 cm³/mol. The van der Waals surface area contributed by atoms with E-state index < -0.39 is 23.8 Å². The molecule has 0 unspecified atom stereocenters. The van der Waals surface area contributed by atoms with Gasteiger partial charge in [0.2, 0.25) is 11.6 Å². The molecule has 0 amide bonds. The minimum absolute atomic E-state index is 0.00968. The van der Waals surface area contributed by atoms with Crippen molar-refractivity contribution < 1.29 is 24.2 Å². The van der Waals surface area contributed by atoms with Gasteiger partial charge in [-0.3, -0.25) is 14.4 Å². The summed E-state index contributed by atoms with van der Waals surface area (Å²) in [6.45, 7) is 2.48. The Labute approximate surface area is 122 Å². The topological polar surface area (TPSA) is 80.7 Å². The Morgan fingerprint density at radius 3 is 2.57 bits per heavy atom. The smallest absolute Gasteiger partial charge is 0.233 e. The minimum Gasteiger partial charge on any atom is -0.508 e. The van der Waals surface area contributed by atoms with Gasteiger partial charge in [-0.25, -0.2) is 0 Å². The normalized spacial score (nSPS) is 14.2. The molecule has 1 aliphatic carbocycles. The first-order valence-electron chi connectivity index (χ1n) is 7.15. The molecule has 0 saturated heterocycles. The Hall–Kier alpha value is -2.17. The maximum atomic E-state index is 12.0. The maximum Gasteiger partial charge on any atom is 0.233 e. The van der Waals surface area contributed by atoms with Crippen LogP contribution in [0.3, 0.4) is 0 Å². The summed E-state index contributed by atoms with van der Waals surface area (Å²) in [6, 6.07) is 2.49. The van der Waals surface area contributed by atoms with Crippen LogP contribution in [0.25, 0.3) is 0 Å². The molecule has 1 aromatic rings. The lowest BCUT2D eigenvalue weighted by atomic mass is 9.88. The second kappa shape index (κ2) is 6.52. The fourth-order valence-corrected chi connectivity index (χ4v) is 2.34. The van der Waals surface area contributed by atoms with Crippen molar-refractivity contribution in [2.75, 3.05) is 6.61 Å². The molecule has 112 valence electrons. The summed E-state index contributed by atoms with van der Waals surface area (Å²) in [5, 5.41) is 9.65. The van der Waals surface area contributed by atoms with E-state index in [9.17, 15) is 19.5 Å². The van der Waals surface area contributed by atoms with Crippen molar-refractivity contribution in [1.82, 2.24) is 0 Å². The van der Waals surface area contributed by atoms with Crippen LogP contribution in [-0.4, -0.2) is 29.1 Å². The lowest BCUT2D eigenvalue weighted by Crippen LogP contribution is -2.27. The molecule has 0 spiro atoms. The van der Waals surface area contributed by atoms with Crippen LogP contribution in [0.4, 0.5) is 0 Å². The van der Waals surface area contributed by atoms with E-state index in [1.165, 1.54) is 12.1 Å². The Morgan fingerprint density at radius 2 is 1.86 bits per heavy atom. The SMILES string of the molecule is CCCCCCOc1cc(O)cc2c1C(=O)C(=O)CC2=O. The Kier molecular flexibility index (Phi) is 4.73. The summed E-state index contributed by atoms with van der Waals surface area (Å²) >= 11 is 0. The molecule has 0 atom stereocenters. The van der Waals surface area contributed by atoms with Gasteiger partial charge in [0.1, 0.15) is 11.5 Å². The van der Waals surface area contributed by atoms with Crippen molar-refractivity contribution in [3.05, 3.63) is 23.3 Å². The summed E-state index contributed by atoms with van der Waals surface area (Å²) in [5.41, 5.74) is 0.0627. The Morgan fingerprint density at radius 1 is 1.10 bits per heavy atom. The molecule has 0 radical (unpaired) electrons. The number of aromatic hydroxyl groups is 1. The summed E-state index contributed by atoms with van der Waals surface area (Å²) < 4.78 is 5.51.